The van der Waals surface area contributed by atoms with Crippen molar-refractivity contribution in [1.29, 1.82) is 0 Å². The van der Waals surface area contributed by atoms with E-state index in [0.29, 0.717) is 23.6 Å². The molecule has 0 bridgehead atoms. The van der Waals surface area contributed by atoms with Crippen molar-refractivity contribution in [2.75, 3.05) is 6.54 Å². The molecule has 0 amide bonds. The van der Waals surface area contributed by atoms with Gasteiger partial charge < -0.3 is 5.32 Å². The molecule has 2 aromatic rings. The lowest BCUT2D eigenvalue weighted by Crippen LogP contribution is -2.24. The summed E-state index contributed by atoms with van der Waals surface area (Å²) in [5.41, 5.74) is 1.30. The number of nitrogens with zero attached hydrogens (tertiary/aromatic N) is 1. The zero-order chi connectivity index (χ0) is 14.5. The molecule has 0 aliphatic rings. The van der Waals surface area contributed by atoms with E-state index >= 15 is 0 Å². The van der Waals surface area contributed by atoms with Crippen LogP contribution in [0.2, 0.25) is 5.02 Å². The summed E-state index contributed by atoms with van der Waals surface area (Å²) >= 11 is 6.03. The third kappa shape index (κ3) is 3.52. The standard InChI is InChI=1S/C15H15ClF2N2/c1-2-20-15(12-5-6-19-9-14(12)18)7-10-3-4-11(17)8-13(10)16/h3-6,8-9,15,20H,2,7H2,1H3. The largest absolute Gasteiger partial charge is 0.310 e. The lowest BCUT2D eigenvalue weighted by molar-refractivity contribution is 0.507. The number of benzene rings is 1. The fourth-order valence-electron chi connectivity index (χ4n) is 2.11. The molecule has 1 N–H and O–H groups in total. The summed E-state index contributed by atoms with van der Waals surface area (Å²) in [6, 6.07) is 5.66. The molecule has 1 aromatic carbocycles. The summed E-state index contributed by atoms with van der Waals surface area (Å²) in [7, 11) is 0. The van der Waals surface area contributed by atoms with Crippen LogP contribution in [0.1, 0.15) is 24.1 Å². The molecule has 1 atom stereocenters. The fraction of sp³-hybridized carbons (Fsp3) is 0.267. The van der Waals surface area contributed by atoms with Crippen molar-refractivity contribution in [3.8, 4) is 0 Å². The summed E-state index contributed by atoms with van der Waals surface area (Å²) in [4.78, 5) is 3.75. The molecule has 0 fully saturated rings. The zero-order valence-electron chi connectivity index (χ0n) is 11.0. The van der Waals surface area contributed by atoms with Crippen LogP contribution in [0.3, 0.4) is 0 Å². The van der Waals surface area contributed by atoms with Crippen molar-refractivity contribution in [2.24, 2.45) is 0 Å². The van der Waals surface area contributed by atoms with Crippen LogP contribution in [0, 0.1) is 11.6 Å². The third-order valence-electron chi connectivity index (χ3n) is 3.07. The quantitative estimate of drug-likeness (QED) is 0.905. The molecule has 1 aromatic heterocycles. The Bertz CT molecular complexity index is 590. The fourth-order valence-corrected chi connectivity index (χ4v) is 2.36. The monoisotopic (exact) mass is 296 g/mol. The summed E-state index contributed by atoms with van der Waals surface area (Å²) < 4.78 is 26.9. The molecule has 0 saturated heterocycles. The van der Waals surface area contributed by atoms with E-state index in [1.165, 1.54) is 18.3 Å². The van der Waals surface area contributed by atoms with Crippen LogP contribution in [0.15, 0.2) is 36.7 Å². The van der Waals surface area contributed by atoms with Gasteiger partial charge in [-0.15, -0.1) is 0 Å². The first-order valence-electron chi connectivity index (χ1n) is 6.38. The van der Waals surface area contributed by atoms with Crippen LogP contribution in [0.5, 0.6) is 0 Å². The molecular formula is C15H15ClF2N2. The van der Waals surface area contributed by atoms with Gasteiger partial charge in [-0.05, 0) is 36.7 Å². The van der Waals surface area contributed by atoms with Crippen molar-refractivity contribution in [1.82, 2.24) is 10.3 Å². The van der Waals surface area contributed by atoms with Crippen molar-refractivity contribution in [2.45, 2.75) is 19.4 Å². The minimum atomic E-state index is -0.381. The Morgan fingerprint density at radius 2 is 2.10 bits per heavy atom. The number of nitrogens with one attached hydrogen (secondary N) is 1. The summed E-state index contributed by atoms with van der Waals surface area (Å²) in [5, 5.41) is 3.56. The second-order valence-corrected chi connectivity index (χ2v) is 4.85. The van der Waals surface area contributed by atoms with E-state index in [4.69, 9.17) is 11.6 Å². The van der Waals surface area contributed by atoms with Gasteiger partial charge in [-0.1, -0.05) is 24.6 Å². The van der Waals surface area contributed by atoms with Gasteiger partial charge in [0.1, 0.15) is 11.6 Å². The Morgan fingerprint density at radius 3 is 2.75 bits per heavy atom. The van der Waals surface area contributed by atoms with E-state index in [0.717, 1.165) is 5.56 Å². The van der Waals surface area contributed by atoms with Crippen molar-refractivity contribution in [3.63, 3.8) is 0 Å². The van der Waals surface area contributed by atoms with E-state index in [1.807, 2.05) is 6.92 Å². The van der Waals surface area contributed by atoms with Gasteiger partial charge in [0.25, 0.3) is 0 Å². The van der Waals surface area contributed by atoms with Gasteiger partial charge in [-0.25, -0.2) is 8.78 Å². The lowest BCUT2D eigenvalue weighted by atomic mass is 9.99. The first-order valence-corrected chi connectivity index (χ1v) is 6.76. The smallest absolute Gasteiger partial charge is 0.146 e. The summed E-state index contributed by atoms with van der Waals surface area (Å²) in [6.07, 6.45) is 3.22. The number of hydrogen-bond donors (Lipinski definition) is 1. The normalized spacial score (nSPS) is 12.4. The minimum absolute atomic E-state index is 0.231. The number of hydrogen-bond acceptors (Lipinski definition) is 2. The van der Waals surface area contributed by atoms with Gasteiger partial charge in [0.05, 0.1) is 6.20 Å². The van der Waals surface area contributed by atoms with E-state index in [-0.39, 0.29) is 17.7 Å². The number of likely N-dealkylation sites (N-methyl/N-ethyl adjacent to an activating group) is 1. The number of aromatic nitrogens is 1. The predicted octanol–water partition coefficient (Wildman–Crippen LogP) is 3.91. The van der Waals surface area contributed by atoms with E-state index < -0.39 is 0 Å². The molecule has 1 unspecified atom stereocenters. The lowest BCUT2D eigenvalue weighted by Gasteiger charge is -2.19. The van der Waals surface area contributed by atoms with Gasteiger partial charge in [0.15, 0.2) is 0 Å². The highest BCUT2D eigenvalue weighted by Crippen LogP contribution is 2.25. The van der Waals surface area contributed by atoms with Crippen molar-refractivity contribution in [3.05, 3.63) is 64.4 Å². The molecule has 0 radical (unpaired) electrons. The maximum atomic E-state index is 13.8. The third-order valence-corrected chi connectivity index (χ3v) is 3.42. The first kappa shape index (κ1) is 14.9. The van der Waals surface area contributed by atoms with Crippen molar-refractivity contribution < 1.29 is 8.78 Å². The SMILES string of the molecule is CCNC(Cc1ccc(F)cc1Cl)c1ccncc1F. The second kappa shape index (κ2) is 6.77. The van der Waals surface area contributed by atoms with Crippen LogP contribution in [-0.2, 0) is 6.42 Å². The van der Waals surface area contributed by atoms with Crippen LogP contribution in [0.4, 0.5) is 8.78 Å². The summed E-state index contributed by atoms with van der Waals surface area (Å²) in [6.45, 7) is 2.63. The van der Waals surface area contributed by atoms with E-state index in [2.05, 4.69) is 10.3 Å². The predicted molar refractivity (Wildman–Crippen MR) is 75.7 cm³/mol. The van der Waals surface area contributed by atoms with Gasteiger partial charge in [-0.3, -0.25) is 4.98 Å². The average Bonchev–Trinajstić information content (AvgIpc) is 2.42. The highest BCUT2D eigenvalue weighted by molar-refractivity contribution is 6.31. The topological polar surface area (TPSA) is 24.9 Å². The zero-order valence-corrected chi connectivity index (χ0v) is 11.8. The van der Waals surface area contributed by atoms with E-state index in [1.54, 1.807) is 18.3 Å². The average molecular weight is 297 g/mol. The van der Waals surface area contributed by atoms with Crippen LogP contribution in [-0.4, -0.2) is 11.5 Å². The Hall–Kier alpha value is -1.52. The van der Waals surface area contributed by atoms with Gasteiger partial charge in [-0.2, -0.15) is 0 Å². The molecular weight excluding hydrogens is 282 g/mol. The number of rotatable bonds is 5. The van der Waals surface area contributed by atoms with Gasteiger partial charge in [0.2, 0.25) is 0 Å². The van der Waals surface area contributed by atoms with Crippen molar-refractivity contribution >= 4 is 11.6 Å². The maximum absolute atomic E-state index is 13.8. The van der Waals surface area contributed by atoms with Crippen LogP contribution in [0.25, 0.3) is 0 Å². The molecule has 0 spiro atoms. The molecule has 0 saturated carbocycles. The first-order chi connectivity index (χ1) is 9.61. The molecule has 20 heavy (non-hydrogen) atoms. The molecule has 1 heterocycles. The van der Waals surface area contributed by atoms with Gasteiger partial charge in [0, 0.05) is 22.8 Å². The molecule has 2 rings (SSSR count). The molecule has 2 nitrogen and oxygen atoms in total. The highest BCUT2D eigenvalue weighted by atomic mass is 35.5. The minimum Gasteiger partial charge on any atom is -0.310 e. The van der Waals surface area contributed by atoms with E-state index in [9.17, 15) is 8.78 Å². The van der Waals surface area contributed by atoms with Gasteiger partial charge >= 0.3 is 0 Å². The van der Waals surface area contributed by atoms with Crippen LogP contribution < -0.4 is 5.32 Å². The number of pyridine rings is 1. The molecule has 5 heteroatoms. The Morgan fingerprint density at radius 1 is 1.30 bits per heavy atom. The number of halogens is 3. The summed E-state index contributed by atoms with van der Waals surface area (Å²) in [5.74, 6) is -0.745. The van der Waals surface area contributed by atoms with Crippen LogP contribution >= 0.6 is 11.6 Å². The molecule has 0 aliphatic heterocycles. The Balaban J connectivity index is 2.28. The second-order valence-electron chi connectivity index (χ2n) is 4.45. The highest BCUT2D eigenvalue weighted by Gasteiger charge is 2.17. The Labute approximate surface area is 121 Å². The Kier molecular flexibility index (Phi) is 5.04. The maximum Gasteiger partial charge on any atom is 0.146 e. The molecule has 0 aliphatic carbocycles. The molecule has 106 valence electrons.